The number of imidazole rings is 1. The zero-order valence-electron chi connectivity index (χ0n) is 27.2. The minimum atomic E-state index is -1.02. The van der Waals surface area contributed by atoms with Crippen molar-refractivity contribution in [2.24, 2.45) is 0 Å². The summed E-state index contributed by atoms with van der Waals surface area (Å²) >= 11 is 0. The molecule has 0 saturated heterocycles. The van der Waals surface area contributed by atoms with E-state index in [0.29, 0.717) is 33.5 Å². The Hall–Kier alpha value is -6.28. The molecule has 0 radical (unpaired) electrons. The van der Waals surface area contributed by atoms with Gasteiger partial charge in [0.15, 0.2) is 11.3 Å². The number of carboxylic acids is 1. The first-order valence-corrected chi connectivity index (χ1v) is 17.0. The van der Waals surface area contributed by atoms with Crippen LogP contribution in [0.2, 0.25) is 0 Å². The van der Waals surface area contributed by atoms with Crippen molar-refractivity contribution < 1.29 is 9.90 Å². The molecule has 3 aromatic carbocycles. The summed E-state index contributed by atoms with van der Waals surface area (Å²) in [7, 11) is 0. The molecular weight excluding hydrogens is 621 g/mol. The average molecular weight is 653 g/mol. The van der Waals surface area contributed by atoms with E-state index in [1.165, 1.54) is 6.42 Å². The van der Waals surface area contributed by atoms with Crippen LogP contribution in [0.4, 0.5) is 0 Å². The molecule has 0 amide bonds. The molecule has 0 aliphatic heterocycles. The van der Waals surface area contributed by atoms with E-state index in [4.69, 9.17) is 9.97 Å². The summed E-state index contributed by atoms with van der Waals surface area (Å²) in [4.78, 5) is 37.3. The molecule has 0 bridgehead atoms. The molecule has 0 spiro atoms. The molecule has 1 N–H and O–H groups in total. The molecule has 5 aromatic heterocycles. The monoisotopic (exact) mass is 652 g/mol. The Morgan fingerprint density at radius 1 is 0.640 bits per heavy atom. The Morgan fingerprint density at radius 2 is 1.28 bits per heavy atom. The van der Waals surface area contributed by atoms with Gasteiger partial charge in [-0.15, -0.1) is 0 Å². The quantitative estimate of drug-likeness (QED) is 0.191. The second kappa shape index (κ2) is 12.3. The van der Waals surface area contributed by atoms with Crippen LogP contribution in [0.1, 0.15) is 48.5 Å². The minimum absolute atomic E-state index is 0.194. The highest BCUT2D eigenvalue weighted by Gasteiger charge is 2.29. The zero-order chi connectivity index (χ0) is 33.6. The van der Waals surface area contributed by atoms with Crippen molar-refractivity contribution in [1.29, 1.82) is 0 Å². The van der Waals surface area contributed by atoms with Gasteiger partial charge in [0.25, 0.3) is 0 Å². The topological polar surface area (TPSA) is 107 Å². The second-order valence-corrected chi connectivity index (χ2v) is 12.9. The maximum absolute atomic E-state index is 13.4. The number of aromatic nitrogens is 6. The minimum Gasteiger partial charge on any atom is -0.478 e. The van der Waals surface area contributed by atoms with Gasteiger partial charge in [0.2, 0.25) is 0 Å². The molecule has 1 fully saturated rings. The van der Waals surface area contributed by atoms with Crippen molar-refractivity contribution in [2.45, 2.75) is 38.1 Å². The van der Waals surface area contributed by atoms with Crippen molar-refractivity contribution in [1.82, 2.24) is 29.5 Å². The maximum atomic E-state index is 13.4. The molecule has 8 aromatic rings. The summed E-state index contributed by atoms with van der Waals surface area (Å²) in [6, 6.07) is 32.2. The fourth-order valence-corrected chi connectivity index (χ4v) is 7.53. The first-order valence-electron chi connectivity index (χ1n) is 17.0. The number of hydrogen-bond acceptors (Lipinski definition) is 6. The van der Waals surface area contributed by atoms with Crippen molar-refractivity contribution >= 4 is 39.1 Å². The zero-order valence-corrected chi connectivity index (χ0v) is 27.2. The van der Waals surface area contributed by atoms with Crippen LogP contribution in [0.3, 0.4) is 0 Å². The van der Waals surface area contributed by atoms with Crippen molar-refractivity contribution in [2.75, 3.05) is 0 Å². The van der Waals surface area contributed by atoms with Gasteiger partial charge in [-0.05, 0) is 65.9 Å². The molecular formula is C42H32N6O2. The van der Waals surface area contributed by atoms with Gasteiger partial charge >= 0.3 is 5.97 Å². The Bertz CT molecular complexity index is 2560. The van der Waals surface area contributed by atoms with Gasteiger partial charge < -0.3 is 9.67 Å². The lowest BCUT2D eigenvalue weighted by molar-refractivity contribution is 0.0698. The average Bonchev–Trinajstić information content (AvgIpc) is 3.57. The lowest BCUT2D eigenvalue weighted by Gasteiger charge is -2.26. The molecule has 1 aliphatic carbocycles. The summed E-state index contributed by atoms with van der Waals surface area (Å²) in [6.45, 7) is 0. The number of nitrogens with zero attached hydrogens (tertiary/aromatic N) is 6. The lowest BCUT2D eigenvalue weighted by atomic mass is 9.90. The molecule has 8 nitrogen and oxygen atoms in total. The molecule has 0 atom stereocenters. The number of pyridine rings is 4. The van der Waals surface area contributed by atoms with Gasteiger partial charge in [-0.2, -0.15) is 0 Å². The Kier molecular flexibility index (Phi) is 7.34. The molecule has 5 heterocycles. The van der Waals surface area contributed by atoms with Crippen LogP contribution in [-0.4, -0.2) is 40.6 Å². The summed E-state index contributed by atoms with van der Waals surface area (Å²) in [5, 5.41) is 12.7. The number of rotatable bonds is 6. The van der Waals surface area contributed by atoms with Crippen LogP contribution in [-0.2, 0) is 0 Å². The van der Waals surface area contributed by atoms with E-state index in [1.807, 2.05) is 85.2 Å². The number of hydrogen-bond donors (Lipinski definition) is 1. The molecule has 242 valence electrons. The molecule has 1 saturated carbocycles. The van der Waals surface area contributed by atoms with Gasteiger partial charge in [-0.3, -0.25) is 0 Å². The van der Waals surface area contributed by atoms with E-state index in [2.05, 4.69) is 43.8 Å². The third-order valence-electron chi connectivity index (χ3n) is 9.86. The number of aromatic carboxylic acids is 1. The third kappa shape index (κ3) is 5.17. The van der Waals surface area contributed by atoms with Crippen LogP contribution in [0, 0.1) is 0 Å². The highest BCUT2D eigenvalue weighted by Crippen LogP contribution is 2.44. The molecule has 9 rings (SSSR count). The molecule has 8 heteroatoms. The van der Waals surface area contributed by atoms with E-state index in [0.717, 1.165) is 70.1 Å². The van der Waals surface area contributed by atoms with Crippen LogP contribution >= 0.6 is 0 Å². The summed E-state index contributed by atoms with van der Waals surface area (Å²) in [5.41, 5.74) is 8.63. The van der Waals surface area contributed by atoms with Crippen LogP contribution in [0.25, 0.3) is 77.9 Å². The third-order valence-corrected chi connectivity index (χ3v) is 9.86. The fourth-order valence-electron chi connectivity index (χ4n) is 7.53. The highest BCUT2D eigenvalue weighted by atomic mass is 16.4. The molecule has 50 heavy (non-hydrogen) atoms. The SMILES string of the molecule is O=C(O)c1c(-c2ccccc2)cc2c(nc(-c3cnc4ncc(-c5ccccc5)cc4c3)n2C2CCCCC2)c1-c1cnc2ncccc2c1. The second-order valence-electron chi connectivity index (χ2n) is 12.9. The predicted molar refractivity (Wildman–Crippen MR) is 197 cm³/mol. The first kappa shape index (κ1) is 29.8. The largest absolute Gasteiger partial charge is 0.478 e. The number of carbonyl (C=O) groups is 1. The van der Waals surface area contributed by atoms with Crippen LogP contribution < -0.4 is 0 Å². The Balaban J connectivity index is 1.36. The summed E-state index contributed by atoms with van der Waals surface area (Å²) < 4.78 is 2.35. The Labute approximate surface area is 288 Å². The first-order chi connectivity index (χ1) is 24.6. The number of fused-ring (bicyclic) bond motifs is 3. The fraction of sp³-hybridized carbons (Fsp3) is 0.143. The van der Waals surface area contributed by atoms with Crippen LogP contribution in [0.15, 0.2) is 122 Å². The normalized spacial score (nSPS) is 13.7. The van der Waals surface area contributed by atoms with E-state index in [1.54, 1.807) is 12.4 Å². The Morgan fingerprint density at radius 3 is 2.02 bits per heavy atom. The maximum Gasteiger partial charge on any atom is 0.337 e. The standard InChI is InChI=1S/C42H32N6O2/c49-42(50)37-34(27-13-6-2-7-14-27)22-35-38(36(37)31-19-28-15-10-18-43-39(28)45-24-31)47-41(48(35)33-16-8-3-9-17-33)32-21-29-20-30(23-44-40(29)46-25-32)26-11-4-1-5-12-26/h1-2,4-7,10-15,18-25,33H,3,8-9,16-17H2,(H,49,50). The molecule has 1 aliphatic rings. The number of carboxylic acid groups (broad SMARTS) is 1. The van der Waals surface area contributed by atoms with Gasteiger partial charge in [0.1, 0.15) is 5.82 Å². The van der Waals surface area contributed by atoms with E-state index in [9.17, 15) is 9.90 Å². The van der Waals surface area contributed by atoms with Gasteiger partial charge in [-0.1, -0.05) is 79.9 Å². The smallest absolute Gasteiger partial charge is 0.337 e. The summed E-state index contributed by atoms with van der Waals surface area (Å²) in [5.74, 6) is -0.252. The highest BCUT2D eigenvalue weighted by molar-refractivity contribution is 6.12. The number of benzene rings is 3. The van der Waals surface area contributed by atoms with Crippen molar-refractivity contribution in [3.63, 3.8) is 0 Å². The van der Waals surface area contributed by atoms with Gasteiger partial charge in [0, 0.05) is 63.9 Å². The van der Waals surface area contributed by atoms with E-state index >= 15 is 0 Å². The van der Waals surface area contributed by atoms with E-state index < -0.39 is 5.97 Å². The van der Waals surface area contributed by atoms with Crippen molar-refractivity contribution in [3.8, 4) is 44.8 Å². The lowest BCUT2D eigenvalue weighted by Crippen LogP contribution is -2.14. The van der Waals surface area contributed by atoms with E-state index in [-0.39, 0.29) is 11.6 Å². The van der Waals surface area contributed by atoms with Gasteiger partial charge in [0.05, 0.1) is 16.6 Å². The van der Waals surface area contributed by atoms with Crippen LogP contribution in [0.5, 0.6) is 0 Å². The van der Waals surface area contributed by atoms with Gasteiger partial charge in [-0.25, -0.2) is 29.7 Å². The molecule has 0 unspecified atom stereocenters. The summed E-state index contributed by atoms with van der Waals surface area (Å²) in [6.07, 6.45) is 12.6. The predicted octanol–water partition coefficient (Wildman–Crippen LogP) is 9.79. The van der Waals surface area contributed by atoms with Crippen molar-refractivity contribution in [3.05, 3.63) is 127 Å².